The molecule has 0 fully saturated rings. The van der Waals surface area contributed by atoms with Gasteiger partial charge >= 0.3 is 5.97 Å². The highest BCUT2D eigenvalue weighted by Crippen LogP contribution is 2.32. The molecule has 0 spiro atoms. The first-order valence-electron chi connectivity index (χ1n) is 6.40. The smallest absolute Gasteiger partial charge is 0.340 e. The fourth-order valence-electron chi connectivity index (χ4n) is 2.38. The Kier molecular flexibility index (Phi) is 3.42. The highest BCUT2D eigenvalue weighted by Gasteiger charge is 2.38. The van der Waals surface area contributed by atoms with E-state index in [0.717, 1.165) is 4.90 Å². The van der Waals surface area contributed by atoms with Crippen molar-refractivity contribution < 1.29 is 19.1 Å². The number of rotatable bonds is 2. The SMILES string of the molecule is COC(=O)c1cc(Cl)ccc1N1C(=O)c2ccccc2C1=O. The minimum atomic E-state index is -0.672. The van der Waals surface area contributed by atoms with Gasteiger partial charge in [0, 0.05) is 5.02 Å². The summed E-state index contributed by atoms with van der Waals surface area (Å²) in [5.41, 5.74) is 0.823. The molecule has 0 atom stereocenters. The van der Waals surface area contributed by atoms with Gasteiger partial charge in [-0.2, -0.15) is 0 Å². The van der Waals surface area contributed by atoms with Crippen molar-refractivity contribution in [2.75, 3.05) is 12.0 Å². The molecule has 1 aliphatic heterocycles. The Morgan fingerprint density at radius 2 is 1.64 bits per heavy atom. The van der Waals surface area contributed by atoms with Crippen molar-refractivity contribution in [3.8, 4) is 0 Å². The zero-order chi connectivity index (χ0) is 15.9. The number of benzene rings is 2. The second-order valence-electron chi connectivity index (χ2n) is 4.64. The molecule has 6 heteroatoms. The Hall–Kier alpha value is -2.66. The van der Waals surface area contributed by atoms with Crippen LogP contribution in [-0.4, -0.2) is 24.9 Å². The van der Waals surface area contributed by atoms with E-state index in [1.807, 2.05) is 0 Å². The largest absolute Gasteiger partial charge is 0.465 e. The molecule has 0 N–H and O–H groups in total. The highest BCUT2D eigenvalue weighted by molar-refractivity contribution is 6.36. The molecule has 110 valence electrons. The molecule has 2 amide bonds. The van der Waals surface area contributed by atoms with Gasteiger partial charge in [-0.3, -0.25) is 9.59 Å². The summed E-state index contributed by atoms with van der Waals surface area (Å²) < 4.78 is 4.69. The topological polar surface area (TPSA) is 63.7 Å². The van der Waals surface area contributed by atoms with Gasteiger partial charge in [-0.15, -0.1) is 0 Å². The fraction of sp³-hybridized carbons (Fsp3) is 0.0625. The number of carbonyl (C=O) groups is 3. The molecule has 0 aliphatic carbocycles. The second-order valence-corrected chi connectivity index (χ2v) is 5.08. The van der Waals surface area contributed by atoms with Crippen molar-refractivity contribution in [2.45, 2.75) is 0 Å². The summed E-state index contributed by atoms with van der Waals surface area (Å²) in [6, 6.07) is 10.8. The maximum Gasteiger partial charge on any atom is 0.340 e. The number of methoxy groups -OCH3 is 1. The number of anilines is 1. The molecule has 2 aromatic carbocycles. The first kappa shape index (κ1) is 14.3. The molecule has 22 heavy (non-hydrogen) atoms. The van der Waals surface area contributed by atoms with E-state index in [0.29, 0.717) is 16.1 Å². The third-order valence-corrected chi connectivity index (χ3v) is 3.63. The molecule has 0 bridgehead atoms. The molecule has 0 unspecified atom stereocenters. The summed E-state index contributed by atoms with van der Waals surface area (Å²) in [6.45, 7) is 0. The minimum absolute atomic E-state index is 0.0597. The maximum atomic E-state index is 12.5. The standard InChI is InChI=1S/C16H10ClNO4/c1-22-16(21)12-8-9(17)6-7-13(12)18-14(19)10-4-2-3-5-11(10)15(18)20/h2-8H,1H3. The lowest BCUT2D eigenvalue weighted by Gasteiger charge is -2.17. The van der Waals surface area contributed by atoms with Crippen molar-refractivity contribution >= 4 is 35.1 Å². The predicted octanol–water partition coefficient (Wildman–Crippen LogP) is 2.93. The van der Waals surface area contributed by atoms with Crippen LogP contribution in [0.4, 0.5) is 5.69 Å². The van der Waals surface area contributed by atoms with Crippen molar-refractivity contribution in [1.29, 1.82) is 0 Å². The van der Waals surface area contributed by atoms with Crippen LogP contribution in [0.2, 0.25) is 5.02 Å². The highest BCUT2D eigenvalue weighted by atomic mass is 35.5. The number of hydrogen-bond acceptors (Lipinski definition) is 4. The van der Waals surface area contributed by atoms with Crippen LogP contribution >= 0.6 is 11.6 Å². The van der Waals surface area contributed by atoms with Gasteiger partial charge in [0.25, 0.3) is 11.8 Å². The third-order valence-electron chi connectivity index (χ3n) is 3.40. The van der Waals surface area contributed by atoms with Gasteiger partial charge in [-0.05, 0) is 30.3 Å². The average Bonchev–Trinajstić information content (AvgIpc) is 2.79. The molecule has 2 aromatic rings. The normalized spacial score (nSPS) is 13.3. The third kappa shape index (κ3) is 2.07. The first-order chi connectivity index (χ1) is 10.5. The number of amides is 2. The Morgan fingerprint density at radius 1 is 1.05 bits per heavy atom. The van der Waals surface area contributed by atoms with E-state index in [1.165, 1.54) is 25.3 Å². The summed E-state index contributed by atoms with van der Waals surface area (Å²) in [5, 5.41) is 0.306. The van der Waals surface area contributed by atoms with E-state index >= 15 is 0 Å². The van der Waals surface area contributed by atoms with Crippen molar-refractivity contribution in [1.82, 2.24) is 0 Å². The number of nitrogens with zero attached hydrogens (tertiary/aromatic N) is 1. The van der Waals surface area contributed by atoms with E-state index in [4.69, 9.17) is 16.3 Å². The zero-order valence-corrected chi connectivity index (χ0v) is 12.3. The van der Waals surface area contributed by atoms with Gasteiger partial charge in [-0.25, -0.2) is 9.69 Å². The lowest BCUT2D eigenvalue weighted by atomic mass is 10.1. The van der Waals surface area contributed by atoms with E-state index in [9.17, 15) is 14.4 Å². The van der Waals surface area contributed by atoms with Crippen LogP contribution < -0.4 is 4.90 Å². The first-order valence-corrected chi connectivity index (χ1v) is 6.78. The lowest BCUT2D eigenvalue weighted by Crippen LogP contribution is -2.31. The van der Waals surface area contributed by atoms with Gasteiger partial charge in [-0.1, -0.05) is 23.7 Å². The van der Waals surface area contributed by atoms with Crippen molar-refractivity contribution in [3.05, 3.63) is 64.2 Å². The van der Waals surface area contributed by atoms with Crippen molar-refractivity contribution in [2.24, 2.45) is 0 Å². The molecular formula is C16H10ClNO4. The van der Waals surface area contributed by atoms with Crippen LogP contribution in [0, 0.1) is 0 Å². The van der Waals surface area contributed by atoms with Crippen LogP contribution in [0.1, 0.15) is 31.1 Å². The number of imide groups is 1. The number of ether oxygens (including phenoxy) is 1. The molecule has 3 rings (SSSR count). The molecule has 1 heterocycles. The van der Waals surface area contributed by atoms with Crippen LogP contribution in [0.5, 0.6) is 0 Å². The summed E-state index contributed by atoms with van der Waals surface area (Å²) in [4.78, 5) is 37.8. The van der Waals surface area contributed by atoms with Crippen LogP contribution in [0.15, 0.2) is 42.5 Å². The number of carbonyl (C=O) groups excluding carboxylic acids is 3. The summed E-state index contributed by atoms with van der Waals surface area (Å²) in [6.07, 6.45) is 0. The van der Waals surface area contributed by atoms with E-state index < -0.39 is 17.8 Å². The Labute approximate surface area is 131 Å². The van der Waals surface area contributed by atoms with Gasteiger partial charge in [0.15, 0.2) is 0 Å². The average molecular weight is 316 g/mol. The summed E-state index contributed by atoms with van der Waals surface area (Å²) in [5.74, 6) is -1.63. The molecular weight excluding hydrogens is 306 g/mol. The van der Waals surface area contributed by atoms with Crippen LogP contribution in [-0.2, 0) is 4.74 Å². The quantitative estimate of drug-likeness (QED) is 0.631. The Morgan fingerprint density at radius 3 is 2.18 bits per heavy atom. The van der Waals surface area contributed by atoms with E-state index in [-0.39, 0.29) is 11.3 Å². The summed E-state index contributed by atoms with van der Waals surface area (Å²) >= 11 is 5.89. The number of hydrogen-bond donors (Lipinski definition) is 0. The van der Waals surface area contributed by atoms with Gasteiger partial charge in [0.1, 0.15) is 0 Å². The lowest BCUT2D eigenvalue weighted by molar-refractivity contribution is 0.0601. The van der Waals surface area contributed by atoms with Crippen LogP contribution in [0.3, 0.4) is 0 Å². The van der Waals surface area contributed by atoms with Gasteiger partial charge < -0.3 is 4.74 Å². The predicted molar refractivity (Wildman–Crippen MR) is 80.4 cm³/mol. The fourth-order valence-corrected chi connectivity index (χ4v) is 2.56. The Bertz CT molecular complexity index is 781. The van der Waals surface area contributed by atoms with Crippen molar-refractivity contribution in [3.63, 3.8) is 0 Å². The molecule has 1 aliphatic rings. The second kappa shape index (κ2) is 5.27. The number of halogens is 1. The van der Waals surface area contributed by atoms with E-state index in [2.05, 4.69) is 0 Å². The molecule has 0 aromatic heterocycles. The van der Waals surface area contributed by atoms with Gasteiger partial charge in [0.2, 0.25) is 0 Å². The minimum Gasteiger partial charge on any atom is -0.465 e. The van der Waals surface area contributed by atoms with E-state index in [1.54, 1.807) is 24.3 Å². The zero-order valence-electron chi connectivity index (χ0n) is 11.5. The monoisotopic (exact) mass is 315 g/mol. The maximum absolute atomic E-state index is 12.5. The van der Waals surface area contributed by atoms with Gasteiger partial charge in [0.05, 0.1) is 29.5 Å². The Balaban J connectivity index is 2.16. The van der Waals surface area contributed by atoms with Crippen LogP contribution in [0.25, 0.3) is 0 Å². The number of fused-ring (bicyclic) bond motifs is 1. The molecule has 0 saturated carbocycles. The molecule has 0 radical (unpaired) electrons. The molecule has 5 nitrogen and oxygen atoms in total. The number of esters is 1. The summed E-state index contributed by atoms with van der Waals surface area (Å²) in [7, 11) is 1.22. The molecule has 0 saturated heterocycles.